The van der Waals surface area contributed by atoms with E-state index in [1.807, 2.05) is 6.07 Å². The molecule has 0 bridgehead atoms. The van der Waals surface area contributed by atoms with Gasteiger partial charge in [0.15, 0.2) is 15.4 Å². The summed E-state index contributed by atoms with van der Waals surface area (Å²) >= 11 is 0. The van der Waals surface area contributed by atoms with Gasteiger partial charge in [-0.05, 0) is 47.1 Å². The molecule has 5 heteroatoms. The molecular formula is C21H14O4S. The third kappa shape index (κ3) is 2.63. The number of thiophene rings is 1. The van der Waals surface area contributed by atoms with E-state index in [0.717, 1.165) is 0 Å². The second kappa shape index (κ2) is 6.29. The van der Waals surface area contributed by atoms with Crippen LogP contribution in [0, 0.1) is 0 Å². The molecule has 26 heavy (non-hydrogen) atoms. The van der Waals surface area contributed by atoms with Crippen molar-refractivity contribution in [3.8, 4) is 21.9 Å². The Morgan fingerprint density at radius 1 is 0.846 bits per heavy atom. The number of phenolic OH excluding ortho intramolecular Hbond substituents is 2. The predicted octanol–water partition coefficient (Wildman–Crippen LogP) is 4.88. The Hall–Kier alpha value is -3.15. The first-order valence-corrected chi connectivity index (χ1v) is 9.10. The van der Waals surface area contributed by atoms with Gasteiger partial charge < -0.3 is 14.8 Å². The number of aromatic hydroxyl groups is 2. The Bertz CT molecular complexity index is 1110. The van der Waals surface area contributed by atoms with Gasteiger partial charge >= 0.3 is 0 Å². The largest absolute Gasteiger partial charge is 0.590 e. The molecule has 0 amide bonds. The molecule has 0 aliphatic heterocycles. The molecule has 0 aliphatic carbocycles. The number of hydrogen-bond acceptors (Lipinski definition) is 4. The molecule has 0 saturated heterocycles. The molecule has 0 saturated carbocycles. The third-order valence-corrected chi connectivity index (χ3v) is 5.79. The minimum Gasteiger partial charge on any atom is -0.590 e. The molecule has 1 aromatic heterocycles. The van der Waals surface area contributed by atoms with Crippen molar-refractivity contribution in [1.29, 1.82) is 0 Å². The van der Waals surface area contributed by atoms with Crippen molar-refractivity contribution in [2.45, 2.75) is 0 Å². The molecule has 4 rings (SSSR count). The van der Waals surface area contributed by atoms with E-state index in [-0.39, 0.29) is 17.3 Å². The van der Waals surface area contributed by atoms with E-state index in [9.17, 15) is 19.6 Å². The smallest absolute Gasteiger partial charge is 0.199 e. The van der Waals surface area contributed by atoms with E-state index in [1.165, 1.54) is 24.3 Å². The summed E-state index contributed by atoms with van der Waals surface area (Å²) < 4.78 is 13.5. The van der Waals surface area contributed by atoms with Crippen molar-refractivity contribution < 1.29 is 19.6 Å². The number of carbonyl (C=O) groups excluding carboxylic acids is 1. The highest BCUT2D eigenvalue weighted by atomic mass is 32.2. The van der Waals surface area contributed by atoms with Crippen LogP contribution in [0.3, 0.4) is 0 Å². The highest BCUT2D eigenvalue weighted by Crippen LogP contribution is 2.46. The fraction of sp³-hybridized carbons (Fsp3) is 0. The Labute approximate surface area is 152 Å². The maximum absolute atomic E-state index is 13.2. The zero-order chi connectivity index (χ0) is 18.3. The third-order valence-electron chi connectivity index (χ3n) is 4.24. The minimum absolute atomic E-state index is 0.00411. The Balaban J connectivity index is 2.05. The fourth-order valence-corrected chi connectivity index (χ4v) is 4.58. The number of rotatable bonds is 3. The van der Waals surface area contributed by atoms with E-state index in [0.29, 0.717) is 31.7 Å². The van der Waals surface area contributed by atoms with E-state index < -0.39 is 10.8 Å². The average Bonchev–Trinajstić information content (AvgIpc) is 2.95. The zero-order valence-electron chi connectivity index (χ0n) is 13.5. The first kappa shape index (κ1) is 16.3. The van der Waals surface area contributed by atoms with Crippen LogP contribution in [0.15, 0.2) is 72.8 Å². The highest BCUT2D eigenvalue weighted by Gasteiger charge is 2.29. The quantitative estimate of drug-likeness (QED) is 0.402. The molecule has 0 aliphatic rings. The lowest BCUT2D eigenvalue weighted by molar-refractivity contribution is 0.104. The first-order chi connectivity index (χ1) is 12.6. The van der Waals surface area contributed by atoms with Gasteiger partial charge in [-0.25, -0.2) is 0 Å². The van der Waals surface area contributed by atoms with E-state index in [1.54, 1.807) is 42.5 Å². The van der Waals surface area contributed by atoms with E-state index in [4.69, 9.17) is 0 Å². The zero-order valence-corrected chi connectivity index (χ0v) is 14.4. The van der Waals surface area contributed by atoms with Gasteiger partial charge in [-0.15, -0.1) is 0 Å². The minimum atomic E-state index is -1.61. The van der Waals surface area contributed by atoms with Crippen LogP contribution in [-0.4, -0.2) is 20.5 Å². The molecule has 0 radical (unpaired) electrons. The summed E-state index contributed by atoms with van der Waals surface area (Å²) in [5, 5.41) is 19.9. The van der Waals surface area contributed by atoms with Crippen LogP contribution in [0.4, 0.5) is 0 Å². The van der Waals surface area contributed by atoms with E-state index in [2.05, 4.69) is 0 Å². The molecular weight excluding hydrogens is 348 g/mol. The summed E-state index contributed by atoms with van der Waals surface area (Å²) in [6.07, 6.45) is 0. The van der Waals surface area contributed by atoms with Crippen LogP contribution in [0.2, 0.25) is 0 Å². The second-order valence-electron chi connectivity index (χ2n) is 5.90. The van der Waals surface area contributed by atoms with Crippen LogP contribution in [0.5, 0.6) is 11.5 Å². The monoisotopic (exact) mass is 362 g/mol. The summed E-state index contributed by atoms with van der Waals surface area (Å²) in [5.74, 6) is -0.147. The van der Waals surface area contributed by atoms with Crippen LogP contribution >= 0.6 is 10.8 Å². The van der Waals surface area contributed by atoms with Gasteiger partial charge in [-0.1, -0.05) is 30.3 Å². The van der Waals surface area contributed by atoms with Crippen LogP contribution < -0.4 is 0 Å². The highest BCUT2D eigenvalue weighted by molar-refractivity contribution is 7.35. The Kier molecular flexibility index (Phi) is 3.95. The normalized spacial score (nSPS) is 11.7. The van der Waals surface area contributed by atoms with Gasteiger partial charge in [-0.3, -0.25) is 4.79 Å². The van der Waals surface area contributed by atoms with Gasteiger partial charge in [0.2, 0.25) is 0 Å². The predicted molar refractivity (Wildman–Crippen MR) is 101 cm³/mol. The SMILES string of the molecule is O=C(c1ccccc1)c1c(-c2ccc(O)cc2)[s+]([O-])c2cc(O)ccc12. The summed E-state index contributed by atoms with van der Waals surface area (Å²) in [5.41, 5.74) is 1.45. The molecule has 0 spiro atoms. The van der Waals surface area contributed by atoms with Gasteiger partial charge in [-0.2, -0.15) is 0 Å². The van der Waals surface area contributed by atoms with E-state index >= 15 is 0 Å². The second-order valence-corrected chi connectivity index (χ2v) is 7.28. The fourth-order valence-electron chi connectivity index (χ4n) is 3.02. The van der Waals surface area contributed by atoms with Gasteiger partial charge in [0, 0.05) is 17.2 Å². The Morgan fingerprint density at radius 3 is 2.19 bits per heavy atom. The molecule has 1 atom stereocenters. The number of hydrogen-bond donors (Lipinski definition) is 2. The van der Waals surface area contributed by atoms with Gasteiger partial charge in [0.1, 0.15) is 11.5 Å². The Morgan fingerprint density at radius 2 is 1.50 bits per heavy atom. The molecule has 128 valence electrons. The first-order valence-electron chi connectivity index (χ1n) is 7.95. The maximum Gasteiger partial charge on any atom is 0.199 e. The van der Waals surface area contributed by atoms with Crippen molar-refractivity contribution in [3.63, 3.8) is 0 Å². The molecule has 1 heterocycles. The van der Waals surface area contributed by atoms with Crippen molar-refractivity contribution in [2.24, 2.45) is 0 Å². The summed E-state index contributed by atoms with van der Waals surface area (Å²) in [6.45, 7) is 0. The topological polar surface area (TPSA) is 80.6 Å². The maximum atomic E-state index is 13.2. The lowest BCUT2D eigenvalue weighted by atomic mass is 9.97. The average molecular weight is 362 g/mol. The molecule has 3 aromatic carbocycles. The van der Waals surface area contributed by atoms with Gasteiger partial charge in [0.05, 0.1) is 10.9 Å². The van der Waals surface area contributed by atoms with Crippen molar-refractivity contribution in [1.82, 2.24) is 0 Å². The van der Waals surface area contributed by atoms with Gasteiger partial charge in [0.25, 0.3) is 0 Å². The van der Waals surface area contributed by atoms with Crippen molar-refractivity contribution in [2.75, 3.05) is 0 Å². The lowest BCUT2D eigenvalue weighted by Gasteiger charge is -2.04. The van der Waals surface area contributed by atoms with Crippen molar-refractivity contribution in [3.05, 3.63) is 83.9 Å². The number of phenols is 2. The molecule has 4 aromatic rings. The lowest BCUT2D eigenvalue weighted by Crippen LogP contribution is -2.01. The van der Waals surface area contributed by atoms with Crippen LogP contribution in [-0.2, 0) is 0 Å². The molecule has 1 unspecified atom stereocenters. The molecule has 4 nitrogen and oxygen atoms in total. The number of benzene rings is 3. The number of carbonyl (C=O) groups is 1. The van der Waals surface area contributed by atoms with Crippen molar-refractivity contribution >= 4 is 26.6 Å². The summed E-state index contributed by atoms with van der Waals surface area (Å²) in [4.78, 5) is 13.6. The number of fused-ring (bicyclic) bond motifs is 1. The summed E-state index contributed by atoms with van der Waals surface area (Å²) in [6, 6.07) is 19.6. The number of ketones is 1. The molecule has 2 N–H and O–H groups in total. The molecule has 0 fully saturated rings. The standard InChI is InChI=1S/C21H14O4S/c22-15-8-6-14(7-9-15)21-19(20(24)13-4-2-1-3-5-13)17-11-10-16(23)12-18(17)26(21)25/h1-12,22-23H. The van der Waals surface area contributed by atoms with Crippen LogP contribution in [0.1, 0.15) is 15.9 Å². The summed E-state index contributed by atoms with van der Waals surface area (Å²) in [7, 11) is -1.61. The van der Waals surface area contributed by atoms with Crippen LogP contribution in [0.25, 0.3) is 20.5 Å².